The van der Waals surface area contributed by atoms with Gasteiger partial charge in [-0.2, -0.15) is 4.37 Å². The molecule has 29 heavy (non-hydrogen) atoms. The molecule has 0 unspecified atom stereocenters. The van der Waals surface area contributed by atoms with Crippen molar-refractivity contribution in [2.45, 2.75) is 52.0 Å². The number of halogens is 1. The zero-order valence-corrected chi connectivity index (χ0v) is 19.3. The summed E-state index contributed by atoms with van der Waals surface area (Å²) >= 11 is 4.38. The van der Waals surface area contributed by atoms with Crippen LogP contribution in [0.2, 0.25) is 0 Å². The molecule has 2 aliphatic rings. The molecule has 0 saturated heterocycles. The first-order valence-electron chi connectivity index (χ1n) is 9.75. The summed E-state index contributed by atoms with van der Waals surface area (Å²) in [7, 11) is 1.49. The van der Waals surface area contributed by atoms with E-state index in [0.29, 0.717) is 41.2 Å². The number of ether oxygens (including phenoxy) is 1. The Morgan fingerprint density at radius 2 is 1.86 bits per heavy atom. The number of amides is 3. The molecule has 3 amide bonds. The second kappa shape index (κ2) is 8.59. The Hall–Kier alpha value is -1.68. The third-order valence-corrected chi connectivity index (χ3v) is 7.28. The quantitative estimate of drug-likeness (QED) is 0.463. The van der Waals surface area contributed by atoms with Gasteiger partial charge in [-0.05, 0) is 58.6 Å². The molecular weight excluding hydrogens is 460 g/mol. The number of methoxy groups -OCH3 is 1. The van der Waals surface area contributed by atoms with E-state index in [0.717, 1.165) is 30.8 Å². The Morgan fingerprint density at radius 3 is 2.38 bits per heavy atom. The maximum atomic E-state index is 12.8. The van der Waals surface area contributed by atoms with Crippen LogP contribution in [0.4, 0.5) is 0 Å². The van der Waals surface area contributed by atoms with E-state index < -0.39 is 5.41 Å². The Labute approximate surface area is 182 Å². The van der Waals surface area contributed by atoms with Crippen molar-refractivity contribution in [2.75, 3.05) is 20.2 Å². The van der Waals surface area contributed by atoms with Crippen molar-refractivity contribution in [3.05, 3.63) is 9.35 Å². The highest BCUT2D eigenvalue weighted by molar-refractivity contribution is 9.10. The van der Waals surface area contributed by atoms with Crippen molar-refractivity contribution in [3.63, 3.8) is 0 Å². The molecule has 0 radical (unpaired) electrons. The van der Waals surface area contributed by atoms with Crippen LogP contribution in [0.5, 0.6) is 5.88 Å². The van der Waals surface area contributed by atoms with Gasteiger partial charge >= 0.3 is 0 Å². The molecule has 10 heteroatoms. The largest absolute Gasteiger partial charge is 0.480 e. The van der Waals surface area contributed by atoms with Crippen molar-refractivity contribution in [2.24, 2.45) is 10.8 Å². The Balaban J connectivity index is 1.51. The molecule has 160 valence electrons. The van der Waals surface area contributed by atoms with Gasteiger partial charge in [0.15, 0.2) is 0 Å². The average Bonchev–Trinajstić information content (AvgIpc) is 3.36. The maximum absolute atomic E-state index is 12.8. The fourth-order valence-corrected chi connectivity index (χ4v) is 4.55. The minimum absolute atomic E-state index is 0.140. The predicted molar refractivity (Wildman–Crippen MR) is 113 cm³/mol. The van der Waals surface area contributed by atoms with Crippen LogP contribution in [-0.2, 0) is 9.59 Å². The first-order chi connectivity index (χ1) is 13.7. The number of carbonyl (C=O) groups is 3. The van der Waals surface area contributed by atoms with Crippen LogP contribution in [0.25, 0.3) is 0 Å². The summed E-state index contributed by atoms with van der Waals surface area (Å²) in [4.78, 5) is 38.2. The lowest BCUT2D eigenvalue weighted by atomic mass is 9.67. The van der Waals surface area contributed by atoms with Gasteiger partial charge in [0.05, 0.1) is 7.11 Å². The summed E-state index contributed by atoms with van der Waals surface area (Å²) in [6.07, 6.45) is 4.07. The molecule has 1 aromatic heterocycles. The van der Waals surface area contributed by atoms with Crippen LogP contribution in [-0.4, -0.2) is 48.3 Å². The van der Waals surface area contributed by atoms with Crippen LogP contribution < -0.4 is 20.7 Å². The van der Waals surface area contributed by atoms with E-state index in [2.05, 4.69) is 36.3 Å². The third-order valence-electron chi connectivity index (χ3n) is 5.45. The first kappa shape index (κ1) is 22.0. The highest BCUT2D eigenvalue weighted by Gasteiger charge is 2.51. The van der Waals surface area contributed by atoms with Crippen LogP contribution in [0.3, 0.4) is 0 Å². The zero-order chi connectivity index (χ0) is 21.2. The van der Waals surface area contributed by atoms with Gasteiger partial charge in [-0.3, -0.25) is 14.4 Å². The summed E-state index contributed by atoms with van der Waals surface area (Å²) in [5, 5.41) is 8.79. The molecule has 0 spiro atoms. The Bertz CT molecular complexity index is 802. The van der Waals surface area contributed by atoms with E-state index in [9.17, 15) is 14.4 Å². The number of hydrogen-bond acceptors (Lipinski definition) is 6. The van der Waals surface area contributed by atoms with Gasteiger partial charge in [-0.15, -0.1) is 0 Å². The molecule has 0 atom stereocenters. The molecule has 1 heterocycles. The molecule has 2 saturated carbocycles. The van der Waals surface area contributed by atoms with E-state index in [1.54, 1.807) is 0 Å². The molecule has 0 aliphatic heterocycles. The third kappa shape index (κ3) is 4.91. The van der Waals surface area contributed by atoms with Gasteiger partial charge in [-0.25, -0.2) is 0 Å². The molecule has 2 fully saturated rings. The molecular formula is C19H27BrN4O4S. The molecule has 3 N–H and O–H groups in total. The van der Waals surface area contributed by atoms with Crippen molar-refractivity contribution >= 4 is 45.2 Å². The maximum Gasteiger partial charge on any atom is 0.264 e. The average molecular weight is 487 g/mol. The van der Waals surface area contributed by atoms with Gasteiger partial charge in [0.1, 0.15) is 14.8 Å². The molecule has 8 nitrogen and oxygen atoms in total. The molecule has 0 bridgehead atoms. The second-order valence-corrected chi connectivity index (χ2v) is 10.1. The number of hydrogen-bond donors (Lipinski definition) is 3. The Morgan fingerprint density at radius 1 is 1.21 bits per heavy atom. The van der Waals surface area contributed by atoms with Gasteiger partial charge in [0, 0.05) is 19.1 Å². The molecule has 1 aromatic rings. The van der Waals surface area contributed by atoms with Crippen LogP contribution in [0.1, 0.15) is 55.6 Å². The van der Waals surface area contributed by atoms with E-state index in [-0.39, 0.29) is 29.2 Å². The van der Waals surface area contributed by atoms with Gasteiger partial charge in [-0.1, -0.05) is 20.3 Å². The fraction of sp³-hybridized carbons (Fsp3) is 0.684. The number of carbonyl (C=O) groups excluding carboxylic acids is 3. The highest BCUT2D eigenvalue weighted by Crippen LogP contribution is 2.42. The second-order valence-electron chi connectivity index (χ2n) is 8.55. The van der Waals surface area contributed by atoms with Gasteiger partial charge in [0.25, 0.3) is 5.91 Å². The van der Waals surface area contributed by atoms with E-state index >= 15 is 0 Å². The van der Waals surface area contributed by atoms with E-state index in [4.69, 9.17) is 4.74 Å². The van der Waals surface area contributed by atoms with Crippen molar-refractivity contribution in [1.29, 1.82) is 0 Å². The predicted octanol–water partition coefficient (Wildman–Crippen LogP) is 2.24. The summed E-state index contributed by atoms with van der Waals surface area (Å²) in [6.45, 7) is 4.62. The number of nitrogens with one attached hydrogen (secondary N) is 3. The monoisotopic (exact) mass is 486 g/mol. The highest BCUT2D eigenvalue weighted by atomic mass is 79.9. The molecule has 0 aromatic carbocycles. The van der Waals surface area contributed by atoms with Crippen molar-refractivity contribution < 1.29 is 19.1 Å². The lowest BCUT2D eigenvalue weighted by Gasteiger charge is -2.39. The van der Waals surface area contributed by atoms with Crippen LogP contribution in [0.15, 0.2) is 4.47 Å². The number of aromatic nitrogens is 1. The zero-order valence-electron chi connectivity index (χ0n) is 16.9. The number of rotatable bonds is 9. The van der Waals surface area contributed by atoms with Crippen LogP contribution >= 0.6 is 27.5 Å². The fourth-order valence-electron chi connectivity index (χ4n) is 3.12. The summed E-state index contributed by atoms with van der Waals surface area (Å²) in [5.74, 6) is -0.228. The van der Waals surface area contributed by atoms with Gasteiger partial charge < -0.3 is 20.7 Å². The first-order valence-corrected chi connectivity index (χ1v) is 11.3. The smallest absolute Gasteiger partial charge is 0.264 e. The minimum Gasteiger partial charge on any atom is -0.480 e. The molecule has 2 aliphatic carbocycles. The summed E-state index contributed by atoms with van der Waals surface area (Å²) in [5.41, 5.74) is -1.31. The lowest BCUT2D eigenvalue weighted by Crippen LogP contribution is -2.57. The minimum atomic E-state index is -0.925. The lowest BCUT2D eigenvalue weighted by molar-refractivity contribution is -0.150. The van der Waals surface area contributed by atoms with Gasteiger partial charge in [0.2, 0.25) is 17.7 Å². The summed E-state index contributed by atoms with van der Waals surface area (Å²) < 4.78 is 9.66. The van der Waals surface area contributed by atoms with Crippen molar-refractivity contribution in [3.8, 4) is 5.88 Å². The standard InChI is InChI=1S/C19H27BrN4O4S/c1-18(2,9-21-14(25)13-12(20)15(28-3)24-29-13)10-22-16(26)19(7-4-8-19)17(27)23-11-5-6-11/h11H,4-10H2,1-3H3,(H,21,25)(H,22,26)(H,23,27). The van der Waals surface area contributed by atoms with Crippen LogP contribution in [0, 0.1) is 10.8 Å². The molecule has 3 rings (SSSR count). The SMILES string of the molecule is COc1nsc(C(=O)NCC(C)(C)CNC(=O)C2(C(=O)NC3CC3)CCC2)c1Br. The van der Waals surface area contributed by atoms with E-state index in [1.165, 1.54) is 7.11 Å². The van der Waals surface area contributed by atoms with E-state index in [1.807, 2.05) is 13.8 Å². The topological polar surface area (TPSA) is 109 Å². The normalized spacial score (nSPS) is 17.8. The number of nitrogens with zero attached hydrogens (tertiary/aromatic N) is 1. The summed E-state index contributed by atoms with van der Waals surface area (Å²) in [6, 6.07) is 0.240. The Kier molecular flexibility index (Phi) is 6.52. The van der Waals surface area contributed by atoms with Crippen molar-refractivity contribution in [1.82, 2.24) is 20.3 Å².